The lowest BCUT2D eigenvalue weighted by Crippen LogP contribution is -2.47. The Morgan fingerprint density at radius 2 is 2.31 bits per heavy atom. The highest BCUT2D eigenvalue weighted by molar-refractivity contribution is 14.0. The number of methoxy groups -OCH3 is 1. The van der Waals surface area contributed by atoms with Gasteiger partial charge in [-0.25, -0.2) is 14.7 Å². The SMILES string of the molecule is CCNC(=NCC(=O)Nc1cccnc1)NC1CCc2nc(COC)nn2C1.I. The molecule has 0 bridgehead atoms. The van der Waals surface area contributed by atoms with Crippen LogP contribution in [-0.4, -0.2) is 57.9 Å². The predicted octanol–water partition coefficient (Wildman–Crippen LogP) is 0.946. The average molecular weight is 514 g/mol. The molecule has 0 radical (unpaired) electrons. The van der Waals surface area contributed by atoms with Gasteiger partial charge >= 0.3 is 0 Å². The number of rotatable bonds is 7. The quantitative estimate of drug-likeness (QED) is 0.286. The molecule has 0 fully saturated rings. The maximum atomic E-state index is 12.1. The summed E-state index contributed by atoms with van der Waals surface area (Å²) in [5.74, 6) is 2.08. The van der Waals surface area contributed by atoms with E-state index >= 15 is 0 Å². The Bertz CT molecular complexity index is 811. The zero-order chi connectivity index (χ0) is 19.8. The number of aromatic nitrogens is 4. The van der Waals surface area contributed by atoms with E-state index in [0.717, 1.165) is 18.7 Å². The first-order chi connectivity index (χ1) is 13.7. The second-order valence-corrected chi connectivity index (χ2v) is 6.42. The molecule has 10 nitrogen and oxygen atoms in total. The molecule has 0 spiro atoms. The summed E-state index contributed by atoms with van der Waals surface area (Å²) < 4.78 is 7.01. The molecule has 0 aromatic carbocycles. The molecule has 1 aliphatic heterocycles. The number of nitrogens with zero attached hydrogens (tertiary/aromatic N) is 5. The number of fused-ring (bicyclic) bond motifs is 1. The van der Waals surface area contributed by atoms with E-state index in [4.69, 9.17) is 4.74 Å². The first-order valence-corrected chi connectivity index (χ1v) is 9.34. The van der Waals surface area contributed by atoms with Gasteiger partial charge in [-0.15, -0.1) is 24.0 Å². The number of guanidine groups is 1. The Morgan fingerprint density at radius 3 is 3.03 bits per heavy atom. The van der Waals surface area contributed by atoms with Gasteiger partial charge in [0.2, 0.25) is 5.91 Å². The molecule has 1 amide bonds. The minimum Gasteiger partial charge on any atom is -0.377 e. The van der Waals surface area contributed by atoms with Crippen molar-refractivity contribution in [1.29, 1.82) is 0 Å². The molecule has 0 saturated heterocycles. The number of aliphatic imine (C=N–C) groups is 1. The average Bonchev–Trinajstić information content (AvgIpc) is 3.09. The summed E-state index contributed by atoms with van der Waals surface area (Å²) in [6.07, 6.45) is 5.00. The van der Waals surface area contributed by atoms with Crippen LogP contribution in [0.15, 0.2) is 29.5 Å². The van der Waals surface area contributed by atoms with E-state index in [0.29, 0.717) is 37.2 Å². The molecule has 1 atom stereocenters. The largest absolute Gasteiger partial charge is 0.377 e. The van der Waals surface area contributed by atoms with E-state index in [1.54, 1.807) is 31.6 Å². The third kappa shape index (κ3) is 6.92. The smallest absolute Gasteiger partial charge is 0.246 e. The molecular formula is C18H27IN8O2. The molecule has 1 unspecified atom stereocenters. The second-order valence-electron chi connectivity index (χ2n) is 6.42. The lowest BCUT2D eigenvalue weighted by atomic mass is 10.1. The van der Waals surface area contributed by atoms with E-state index in [-0.39, 0.29) is 42.5 Å². The summed E-state index contributed by atoms with van der Waals surface area (Å²) in [4.78, 5) is 25.0. The number of ether oxygens (including phenoxy) is 1. The Balaban J connectivity index is 0.00000300. The minimum absolute atomic E-state index is 0. The summed E-state index contributed by atoms with van der Waals surface area (Å²) in [6, 6.07) is 3.71. The van der Waals surface area contributed by atoms with Crippen LogP contribution in [0, 0.1) is 0 Å². The Kier molecular flexibility index (Phi) is 9.25. The van der Waals surface area contributed by atoms with Gasteiger partial charge in [-0.1, -0.05) is 0 Å². The van der Waals surface area contributed by atoms with Crippen molar-refractivity contribution >= 4 is 41.5 Å². The summed E-state index contributed by atoms with van der Waals surface area (Å²) >= 11 is 0. The van der Waals surface area contributed by atoms with Crippen molar-refractivity contribution in [3.05, 3.63) is 36.2 Å². The Labute approximate surface area is 187 Å². The van der Waals surface area contributed by atoms with Crippen LogP contribution >= 0.6 is 24.0 Å². The Morgan fingerprint density at radius 1 is 1.45 bits per heavy atom. The second kappa shape index (κ2) is 11.7. The van der Waals surface area contributed by atoms with Crippen molar-refractivity contribution in [3.8, 4) is 0 Å². The fourth-order valence-corrected chi connectivity index (χ4v) is 2.97. The first kappa shape index (κ1) is 23.0. The highest BCUT2D eigenvalue weighted by Crippen LogP contribution is 2.13. The van der Waals surface area contributed by atoms with Crippen LogP contribution < -0.4 is 16.0 Å². The topological polar surface area (TPSA) is 118 Å². The van der Waals surface area contributed by atoms with Crippen molar-refractivity contribution in [3.63, 3.8) is 0 Å². The van der Waals surface area contributed by atoms with Crippen molar-refractivity contribution in [1.82, 2.24) is 30.4 Å². The predicted molar refractivity (Wildman–Crippen MR) is 120 cm³/mol. The van der Waals surface area contributed by atoms with Gasteiger partial charge in [0.15, 0.2) is 11.8 Å². The first-order valence-electron chi connectivity index (χ1n) is 9.34. The van der Waals surface area contributed by atoms with Crippen LogP contribution in [0.3, 0.4) is 0 Å². The molecule has 3 N–H and O–H groups in total. The summed E-state index contributed by atoms with van der Waals surface area (Å²) in [5.41, 5.74) is 0.651. The van der Waals surface area contributed by atoms with E-state index in [2.05, 4.69) is 36.0 Å². The van der Waals surface area contributed by atoms with Crippen molar-refractivity contribution in [2.24, 2.45) is 4.99 Å². The molecule has 0 saturated carbocycles. The molecule has 3 heterocycles. The highest BCUT2D eigenvalue weighted by atomic mass is 127. The number of aryl methyl sites for hydroxylation is 1. The number of pyridine rings is 1. The van der Waals surface area contributed by atoms with E-state index in [1.807, 2.05) is 11.6 Å². The van der Waals surface area contributed by atoms with Crippen molar-refractivity contribution in [2.75, 3.05) is 25.5 Å². The number of halogens is 1. The Hall–Kier alpha value is -2.28. The monoisotopic (exact) mass is 514 g/mol. The zero-order valence-electron chi connectivity index (χ0n) is 16.6. The summed E-state index contributed by atoms with van der Waals surface area (Å²) in [5, 5.41) is 13.8. The van der Waals surface area contributed by atoms with Gasteiger partial charge in [-0.05, 0) is 25.5 Å². The molecule has 29 heavy (non-hydrogen) atoms. The number of amides is 1. The number of carbonyl (C=O) groups is 1. The molecular weight excluding hydrogens is 487 g/mol. The van der Waals surface area contributed by atoms with Crippen molar-refractivity contribution < 1.29 is 9.53 Å². The van der Waals surface area contributed by atoms with Gasteiger partial charge in [0.1, 0.15) is 19.0 Å². The van der Waals surface area contributed by atoms with Crippen LogP contribution in [0.5, 0.6) is 0 Å². The minimum atomic E-state index is -0.198. The standard InChI is InChI=1S/C18H26N8O2.HI/c1-3-20-18(21-10-17(27)22-13-5-4-8-19-9-13)23-14-6-7-16-24-15(12-28-2)25-26(16)11-14;/h4-5,8-9,14H,3,6-7,10-12H2,1-2H3,(H,22,27)(H2,20,21,23);1H. The number of nitrogens with one attached hydrogen (secondary N) is 3. The fraction of sp³-hybridized carbons (Fsp3) is 0.500. The summed E-state index contributed by atoms with van der Waals surface area (Å²) in [7, 11) is 1.63. The number of hydrogen-bond acceptors (Lipinski definition) is 6. The van der Waals surface area contributed by atoms with Crippen LogP contribution in [-0.2, 0) is 29.1 Å². The third-order valence-corrected chi connectivity index (χ3v) is 4.19. The van der Waals surface area contributed by atoms with E-state index in [9.17, 15) is 4.79 Å². The van der Waals surface area contributed by atoms with Crippen LogP contribution in [0.1, 0.15) is 25.0 Å². The molecule has 158 valence electrons. The van der Waals surface area contributed by atoms with Crippen LogP contribution in [0.25, 0.3) is 0 Å². The van der Waals surface area contributed by atoms with Gasteiger partial charge in [-0.3, -0.25) is 9.78 Å². The number of carbonyl (C=O) groups excluding carboxylic acids is 1. The van der Waals surface area contributed by atoms with Gasteiger partial charge in [0.05, 0.1) is 18.4 Å². The lowest BCUT2D eigenvalue weighted by Gasteiger charge is -2.25. The maximum Gasteiger partial charge on any atom is 0.246 e. The molecule has 11 heteroatoms. The maximum absolute atomic E-state index is 12.1. The third-order valence-electron chi connectivity index (χ3n) is 4.19. The number of hydrogen-bond donors (Lipinski definition) is 3. The van der Waals surface area contributed by atoms with Gasteiger partial charge in [0, 0.05) is 32.3 Å². The van der Waals surface area contributed by atoms with E-state index < -0.39 is 0 Å². The van der Waals surface area contributed by atoms with Gasteiger partial charge in [0.25, 0.3) is 0 Å². The fourth-order valence-electron chi connectivity index (χ4n) is 2.97. The van der Waals surface area contributed by atoms with E-state index in [1.165, 1.54) is 0 Å². The van der Waals surface area contributed by atoms with Crippen LogP contribution in [0.4, 0.5) is 5.69 Å². The van der Waals surface area contributed by atoms with Gasteiger partial charge in [-0.2, -0.15) is 5.10 Å². The molecule has 1 aliphatic rings. The lowest BCUT2D eigenvalue weighted by molar-refractivity contribution is -0.114. The zero-order valence-corrected chi connectivity index (χ0v) is 18.9. The normalized spacial score (nSPS) is 15.8. The van der Waals surface area contributed by atoms with Crippen molar-refractivity contribution in [2.45, 2.75) is 39.0 Å². The number of anilines is 1. The highest BCUT2D eigenvalue weighted by Gasteiger charge is 2.22. The van der Waals surface area contributed by atoms with Gasteiger partial charge < -0.3 is 20.7 Å². The molecule has 2 aromatic rings. The molecule has 0 aliphatic carbocycles. The summed E-state index contributed by atoms with van der Waals surface area (Å²) in [6.45, 7) is 3.81. The molecule has 3 rings (SSSR count). The molecule has 2 aromatic heterocycles. The van der Waals surface area contributed by atoms with Crippen LogP contribution in [0.2, 0.25) is 0 Å².